The zero-order valence-electron chi connectivity index (χ0n) is 38.1. The maximum Gasteiger partial charge on any atom is 0.131 e. The van der Waals surface area contributed by atoms with Gasteiger partial charge in [-0.25, -0.2) is 0 Å². The van der Waals surface area contributed by atoms with E-state index in [9.17, 15) is 10.2 Å². The topological polar surface area (TPSA) is 58.9 Å². The van der Waals surface area contributed by atoms with E-state index in [4.69, 9.17) is 9.47 Å². The van der Waals surface area contributed by atoms with Crippen LogP contribution in [0.1, 0.15) is 125 Å². The Balaban J connectivity index is 0.911. The zero-order valence-corrected chi connectivity index (χ0v) is 38.1. The Morgan fingerprint density at radius 2 is 0.683 bits per heavy atom. The highest BCUT2D eigenvalue weighted by atomic mass is 16.5. The van der Waals surface area contributed by atoms with Gasteiger partial charge in [-0.15, -0.1) is 0 Å². The van der Waals surface area contributed by atoms with Crippen molar-refractivity contribution in [2.24, 2.45) is 0 Å². The van der Waals surface area contributed by atoms with Gasteiger partial charge in [0.25, 0.3) is 0 Å². The first-order valence-electron chi connectivity index (χ1n) is 24.2. The normalized spacial score (nSPS) is 15.6. The summed E-state index contributed by atoms with van der Waals surface area (Å²) in [6, 6.07) is 26.3. The molecule has 0 saturated carbocycles. The molecule has 0 heterocycles. The van der Waals surface area contributed by atoms with Crippen LogP contribution in [0.25, 0.3) is 44.5 Å². The third-order valence-electron chi connectivity index (χ3n) is 14.6. The van der Waals surface area contributed by atoms with Crippen LogP contribution >= 0.6 is 0 Å². The van der Waals surface area contributed by atoms with Gasteiger partial charge in [-0.05, 0) is 246 Å². The summed E-state index contributed by atoms with van der Waals surface area (Å²) in [7, 11) is 0. The van der Waals surface area contributed by atoms with Gasteiger partial charge in [0.05, 0.1) is 13.2 Å². The lowest BCUT2D eigenvalue weighted by Crippen LogP contribution is -2.13. The van der Waals surface area contributed by atoms with Crippen LogP contribution in [0.5, 0.6) is 23.0 Å². The minimum atomic E-state index is 0.354. The van der Waals surface area contributed by atoms with Crippen molar-refractivity contribution in [1.82, 2.24) is 0 Å². The van der Waals surface area contributed by atoms with Crippen LogP contribution in [-0.4, -0.2) is 23.4 Å². The summed E-state index contributed by atoms with van der Waals surface area (Å²) in [6.45, 7) is 9.43. The molecule has 4 aliphatic carbocycles. The summed E-state index contributed by atoms with van der Waals surface area (Å²) in [5, 5.41) is 24.7. The molecule has 2 N–H and O–H groups in total. The highest BCUT2D eigenvalue weighted by Crippen LogP contribution is 2.50. The van der Waals surface area contributed by atoms with Gasteiger partial charge in [-0.3, -0.25) is 0 Å². The summed E-state index contributed by atoms with van der Waals surface area (Å²) >= 11 is 0. The van der Waals surface area contributed by atoms with Crippen molar-refractivity contribution in [3.8, 4) is 67.5 Å². The predicted octanol–water partition coefficient (Wildman–Crippen LogP) is 14.4. The molecular formula is C59H64O4. The second-order valence-corrected chi connectivity index (χ2v) is 19.3. The molecule has 6 aromatic rings. The standard InChI is InChI=1S/C59H64O4/c1-36-22-24-54(48(28-36)50-30-38(3)32-52(58(50)60)56-44-18-9-5-14-40(44)34-41-15-6-10-19-45(41)56)62-26-13-27-63-55-25-23-37(2)29-49(55)51-31-39(4)33-53(59(51)61)57-46-20-11-7-16-42(46)35-43-17-8-12-21-47(43)57/h22-25,28-35,60-61H,5-21,26-27H2,1-4H3. The molecule has 4 heteroatoms. The summed E-state index contributed by atoms with van der Waals surface area (Å²) in [5.74, 6) is 2.24. The third kappa shape index (κ3) is 8.04. The Bertz CT molecular complexity index is 2480. The van der Waals surface area contributed by atoms with Crippen molar-refractivity contribution in [2.75, 3.05) is 13.2 Å². The summed E-state index contributed by atoms with van der Waals surface area (Å²) in [5.41, 5.74) is 24.4. The monoisotopic (exact) mass is 836 g/mol. The highest BCUT2D eigenvalue weighted by Gasteiger charge is 2.28. The molecule has 0 saturated heterocycles. The van der Waals surface area contributed by atoms with Gasteiger partial charge in [-0.2, -0.15) is 0 Å². The van der Waals surface area contributed by atoms with Gasteiger partial charge in [-0.1, -0.05) is 35.4 Å². The first kappa shape index (κ1) is 41.5. The molecule has 0 radical (unpaired) electrons. The Morgan fingerprint density at radius 3 is 1.05 bits per heavy atom. The number of ether oxygens (including phenoxy) is 2. The zero-order chi connectivity index (χ0) is 43.2. The van der Waals surface area contributed by atoms with E-state index in [1.54, 1.807) is 0 Å². The lowest BCUT2D eigenvalue weighted by atomic mass is 9.76. The molecule has 6 aromatic carbocycles. The fourth-order valence-corrected chi connectivity index (χ4v) is 11.7. The van der Waals surface area contributed by atoms with Crippen molar-refractivity contribution in [3.05, 3.63) is 140 Å². The Hall–Kier alpha value is -5.48. The molecule has 0 bridgehead atoms. The fourth-order valence-electron chi connectivity index (χ4n) is 11.7. The maximum absolute atomic E-state index is 12.3. The van der Waals surface area contributed by atoms with Gasteiger partial charge in [0, 0.05) is 39.8 Å². The number of hydrogen-bond donors (Lipinski definition) is 2. The van der Waals surface area contributed by atoms with Crippen LogP contribution < -0.4 is 9.47 Å². The number of aromatic hydroxyl groups is 2. The second kappa shape index (κ2) is 17.6. The molecule has 0 fully saturated rings. The van der Waals surface area contributed by atoms with E-state index in [1.165, 1.54) is 107 Å². The van der Waals surface area contributed by atoms with E-state index in [0.717, 1.165) is 119 Å². The quantitative estimate of drug-likeness (QED) is 0.135. The van der Waals surface area contributed by atoms with Crippen molar-refractivity contribution in [1.29, 1.82) is 0 Å². The molecule has 10 rings (SSSR count). The smallest absolute Gasteiger partial charge is 0.131 e. The largest absolute Gasteiger partial charge is 0.507 e. The molecule has 0 unspecified atom stereocenters. The first-order valence-corrected chi connectivity index (χ1v) is 24.2. The Kier molecular flexibility index (Phi) is 11.6. The van der Waals surface area contributed by atoms with Gasteiger partial charge >= 0.3 is 0 Å². The summed E-state index contributed by atoms with van der Waals surface area (Å²) in [4.78, 5) is 0. The van der Waals surface area contributed by atoms with Crippen LogP contribution in [0.2, 0.25) is 0 Å². The molecule has 0 spiro atoms. The predicted molar refractivity (Wildman–Crippen MR) is 259 cm³/mol. The van der Waals surface area contributed by atoms with Gasteiger partial charge in [0.2, 0.25) is 0 Å². The first-order chi connectivity index (χ1) is 30.7. The third-order valence-corrected chi connectivity index (χ3v) is 14.6. The van der Waals surface area contributed by atoms with Crippen LogP contribution in [0.3, 0.4) is 0 Å². The summed E-state index contributed by atoms with van der Waals surface area (Å²) in [6.07, 6.45) is 19.3. The van der Waals surface area contributed by atoms with E-state index < -0.39 is 0 Å². The minimum absolute atomic E-state index is 0.354. The average Bonchev–Trinajstić information content (AvgIpc) is 3.29. The number of hydrogen-bond acceptors (Lipinski definition) is 4. The number of fused-ring (bicyclic) bond motifs is 4. The van der Waals surface area contributed by atoms with Gasteiger partial charge < -0.3 is 19.7 Å². The molecule has 0 amide bonds. The average molecular weight is 837 g/mol. The highest BCUT2D eigenvalue weighted by molar-refractivity contribution is 5.90. The summed E-state index contributed by atoms with van der Waals surface area (Å²) < 4.78 is 13.2. The SMILES string of the molecule is Cc1ccc(OCCCOc2ccc(C)cc2-c2cc(C)cc(-c3c4c(cc5c3CCCC5)CCCC4)c2O)c(-c2cc(C)cc(-c3c4c(cc5c3CCCC5)CCCC4)c2O)c1. The molecule has 0 atom stereocenters. The number of phenolic OH excluding ortho intramolecular Hbond substituents is 2. The second-order valence-electron chi connectivity index (χ2n) is 19.3. The van der Waals surface area contributed by atoms with E-state index in [0.29, 0.717) is 31.1 Å². The maximum atomic E-state index is 12.3. The van der Waals surface area contributed by atoms with Crippen LogP contribution in [-0.2, 0) is 51.4 Å². The lowest BCUT2D eigenvalue weighted by molar-refractivity contribution is 0.248. The molecule has 0 aliphatic heterocycles. The van der Waals surface area contributed by atoms with Gasteiger partial charge in [0.15, 0.2) is 0 Å². The van der Waals surface area contributed by atoms with Crippen LogP contribution in [0, 0.1) is 27.7 Å². The van der Waals surface area contributed by atoms with E-state index >= 15 is 0 Å². The van der Waals surface area contributed by atoms with E-state index in [1.807, 2.05) is 0 Å². The minimum Gasteiger partial charge on any atom is -0.507 e. The molecule has 0 aromatic heterocycles. The van der Waals surface area contributed by atoms with Crippen molar-refractivity contribution >= 4 is 0 Å². The van der Waals surface area contributed by atoms with Crippen molar-refractivity contribution < 1.29 is 19.7 Å². The number of aryl methyl sites for hydroxylation is 8. The van der Waals surface area contributed by atoms with Crippen LogP contribution in [0.15, 0.2) is 72.8 Å². The number of benzene rings is 6. The van der Waals surface area contributed by atoms with Crippen molar-refractivity contribution in [2.45, 2.75) is 137 Å². The number of phenols is 2. The van der Waals surface area contributed by atoms with Gasteiger partial charge in [0.1, 0.15) is 23.0 Å². The number of rotatable bonds is 10. The Morgan fingerprint density at radius 1 is 0.365 bits per heavy atom. The fraction of sp³-hybridized carbons (Fsp3) is 0.390. The Labute approximate surface area is 375 Å². The molecule has 4 nitrogen and oxygen atoms in total. The molecule has 4 aliphatic rings. The molecular weight excluding hydrogens is 773 g/mol. The van der Waals surface area contributed by atoms with E-state index in [2.05, 4.69) is 100 Å². The van der Waals surface area contributed by atoms with E-state index in [-0.39, 0.29) is 0 Å². The molecule has 324 valence electrons. The molecule has 63 heavy (non-hydrogen) atoms. The van der Waals surface area contributed by atoms with Crippen molar-refractivity contribution in [3.63, 3.8) is 0 Å². The lowest BCUT2D eigenvalue weighted by Gasteiger charge is -2.29. The van der Waals surface area contributed by atoms with Crippen LogP contribution in [0.4, 0.5) is 0 Å².